The van der Waals surface area contributed by atoms with Crippen LogP contribution in [0.15, 0.2) is 18.2 Å². The lowest BCUT2D eigenvalue weighted by Crippen LogP contribution is -2.61. The summed E-state index contributed by atoms with van der Waals surface area (Å²) in [7, 11) is -3.12. The summed E-state index contributed by atoms with van der Waals surface area (Å²) in [5, 5.41) is 4.99. The highest BCUT2D eigenvalue weighted by atomic mass is 35.5. The number of aromatic nitrogens is 2. The summed E-state index contributed by atoms with van der Waals surface area (Å²) in [5.41, 5.74) is -1.44. The number of alkyl halides is 2. The quantitative estimate of drug-likeness (QED) is 0.390. The zero-order chi connectivity index (χ0) is 42.3. The van der Waals surface area contributed by atoms with Gasteiger partial charge in [-0.3, -0.25) is 14.4 Å². The molecule has 3 heterocycles. The molecule has 1 unspecified atom stereocenters. The molecule has 10 atom stereocenters. The molecule has 6 aliphatic rings. The molecule has 8 rings (SSSR count). The molecule has 14 nitrogen and oxygen atoms in total. The number of amides is 4. The second kappa shape index (κ2) is 15.2. The molecule has 0 spiro atoms. The van der Waals surface area contributed by atoms with Crippen LogP contribution in [0.3, 0.4) is 0 Å². The number of ether oxygens (including phenoxy) is 2. The number of alkyl carbamates (subject to hydrolysis) is 1. The third-order valence-electron chi connectivity index (χ3n) is 13.6. The number of hydrogen-bond donors (Lipinski definition) is 2. The first kappa shape index (κ1) is 41.9. The Morgan fingerprint density at radius 3 is 2.46 bits per heavy atom. The van der Waals surface area contributed by atoms with Gasteiger partial charge >= 0.3 is 6.09 Å². The molecule has 1 aromatic heterocycles. The van der Waals surface area contributed by atoms with Gasteiger partial charge in [0, 0.05) is 18.0 Å². The zero-order valence-electron chi connectivity index (χ0n) is 34.0. The molecule has 1 saturated heterocycles. The van der Waals surface area contributed by atoms with Crippen molar-refractivity contribution in [3.63, 3.8) is 0 Å². The number of hydrogen-bond acceptors (Lipinski definition) is 10. The van der Waals surface area contributed by atoms with E-state index < -0.39 is 92.9 Å². The maximum atomic E-state index is 14.9. The molecule has 4 saturated carbocycles. The van der Waals surface area contributed by atoms with Gasteiger partial charge in [-0.1, -0.05) is 52.1 Å². The molecule has 0 radical (unpaired) electrons. The van der Waals surface area contributed by atoms with Crippen LogP contribution in [0.4, 0.5) is 13.6 Å². The molecule has 2 N–H and O–H groups in total. The summed E-state index contributed by atoms with van der Waals surface area (Å²) in [6, 6.07) is 2.56. The first-order valence-electron chi connectivity index (χ1n) is 20.8. The standard InChI is InChI=1S/C41H53ClF2N6O8S/c1-20-31-19-50(32(20)35(51)48-41(18-26(41)34(43)44)38(53)49(5)59(55,56)23-12-13-23)37(52)33(40(2,3)4)47-39(54)58-30-16-21-15-25(21)24(30)9-7-6-8-10-28-36(57-31)46-29-17-22(42)11-14-27(29)45-28/h11,14,17,20-21,23-26,30-34H,6-10,12-13,15-16,18-19H2,1-5H3,(H,47,54)(H,48,51)/t20-,21?,24-,25+,26+,30-,31+,32+,33-,41-/m1/s1. The number of halogens is 3. The van der Waals surface area contributed by atoms with Gasteiger partial charge in [0.25, 0.3) is 5.91 Å². The van der Waals surface area contributed by atoms with Crippen LogP contribution in [0.2, 0.25) is 5.02 Å². The minimum atomic E-state index is -4.14. The van der Waals surface area contributed by atoms with Gasteiger partial charge in [-0.2, -0.15) is 0 Å². The van der Waals surface area contributed by atoms with E-state index in [0.29, 0.717) is 57.2 Å². The Bertz CT molecular complexity index is 2150. The Hall–Kier alpha value is -3.86. The number of rotatable bonds is 6. The van der Waals surface area contributed by atoms with Gasteiger partial charge in [-0.15, -0.1) is 0 Å². The van der Waals surface area contributed by atoms with Crippen molar-refractivity contribution in [2.24, 2.45) is 35.0 Å². The second-order valence-corrected chi connectivity index (χ2v) is 21.4. The summed E-state index contributed by atoms with van der Waals surface area (Å²) < 4.78 is 68.2. The summed E-state index contributed by atoms with van der Waals surface area (Å²) in [4.78, 5) is 68.1. The Kier molecular flexibility index (Phi) is 10.8. The number of likely N-dealkylation sites (N-methyl/N-ethyl adjacent to an activating group) is 1. The summed E-state index contributed by atoms with van der Waals surface area (Å²) in [6.45, 7) is 6.79. The number of carbonyl (C=O) groups excluding carboxylic acids is 4. The number of nitrogens with zero attached hydrogens (tertiary/aromatic N) is 4. The molecule has 18 heteroatoms. The maximum Gasteiger partial charge on any atom is 0.408 e. The van der Waals surface area contributed by atoms with Crippen molar-refractivity contribution in [3.8, 4) is 5.88 Å². The number of carbonyl (C=O) groups is 4. The van der Waals surface area contributed by atoms with E-state index in [2.05, 4.69) is 10.6 Å². The molecular weight excluding hydrogens is 810 g/mol. The Labute approximate surface area is 347 Å². The topological polar surface area (TPSA) is 177 Å². The van der Waals surface area contributed by atoms with Crippen LogP contribution in [0.5, 0.6) is 5.88 Å². The number of aryl methyl sites for hydroxylation is 1. The Morgan fingerprint density at radius 1 is 1.03 bits per heavy atom. The minimum absolute atomic E-state index is 0.181. The predicted molar refractivity (Wildman–Crippen MR) is 212 cm³/mol. The van der Waals surface area contributed by atoms with Crippen molar-refractivity contribution in [3.05, 3.63) is 28.9 Å². The normalized spacial score (nSPS) is 33.7. The SMILES string of the molecule is C[C@@H]1[C@@H]2CN(C(=O)[C@H](C(C)(C)C)NC(=O)O[C@@H]3CC4C[C@@H]4[C@H]3CCCCCc3nc4ccc(Cl)cc4nc3O2)[C@@H]1C(=O)N[C@]1(C(=O)N(C)S(=O)(=O)C2CC2)C[C@H]1C(F)F. The van der Waals surface area contributed by atoms with Crippen molar-refractivity contribution in [2.75, 3.05) is 13.6 Å². The van der Waals surface area contributed by atoms with Gasteiger partial charge < -0.3 is 25.0 Å². The lowest BCUT2D eigenvalue weighted by molar-refractivity contribution is -0.144. The molecule has 5 fully saturated rings. The molecule has 322 valence electrons. The number of fused-ring (bicyclic) bond motifs is 7. The van der Waals surface area contributed by atoms with Crippen LogP contribution in [0.1, 0.15) is 91.2 Å². The van der Waals surface area contributed by atoms with Crippen molar-refractivity contribution >= 4 is 56.5 Å². The fourth-order valence-corrected chi connectivity index (χ4v) is 11.5. The second-order valence-electron chi connectivity index (χ2n) is 18.7. The number of nitrogens with one attached hydrogen (secondary N) is 2. The van der Waals surface area contributed by atoms with E-state index in [1.807, 2.05) is 0 Å². The maximum absolute atomic E-state index is 14.9. The monoisotopic (exact) mass is 862 g/mol. The highest BCUT2D eigenvalue weighted by Gasteiger charge is 2.68. The van der Waals surface area contributed by atoms with E-state index in [-0.39, 0.29) is 24.4 Å². The van der Waals surface area contributed by atoms with Crippen LogP contribution in [0, 0.1) is 35.0 Å². The van der Waals surface area contributed by atoms with Gasteiger partial charge in [-0.25, -0.2) is 36.3 Å². The molecule has 4 amide bonds. The van der Waals surface area contributed by atoms with E-state index in [4.69, 9.17) is 31.0 Å². The van der Waals surface area contributed by atoms with Gasteiger partial charge in [0.1, 0.15) is 35.5 Å². The molecule has 1 aromatic carbocycles. The van der Waals surface area contributed by atoms with Crippen LogP contribution >= 0.6 is 11.6 Å². The fourth-order valence-electron chi connectivity index (χ4n) is 9.78. The van der Waals surface area contributed by atoms with Crippen LogP contribution in [-0.4, -0.2) is 107 Å². The first-order chi connectivity index (χ1) is 27.8. The summed E-state index contributed by atoms with van der Waals surface area (Å²) in [6.07, 6.45) is 1.09. The number of sulfonamides is 1. The highest BCUT2D eigenvalue weighted by Crippen LogP contribution is 2.58. The molecule has 2 bridgehead atoms. The summed E-state index contributed by atoms with van der Waals surface area (Å²) >= 11 is 6.33. The molecular formula is C41H53ClF2N6O8S. The Morgan fingerprint density at radius 2 is 1.78 bits per heavy atom. The lowest BCUT2D eigenvalue weighted by atomic mass is 9.85. The first-order valence-corrected chi connectivity index (χ1v) is 22.7. The predicted octanol–water partition coefficient (Wildman–Crippen LogP) is 5.25. The van der Waals surface area contributed by atoms with E-state index >= 15 is 0 Å². The fraction of sp³-hybridized carbons (Fsp3) is 0.707. The zero-order valence-corrected chi connectivity index (χ0v) is 35.5. The molecule has 2 aliphatic heterocycles. The van der Waals surface area contributed by atoms with E-state index in [1.54, 1.807) is 45.9 Å². The van der Waals surface area contributed by atoms with Crippen LogP contribution in [0.25, 0.3) is 11.0 Å². The van der Waals surface area contributed by atoms with Crippen molar-refractivity contribution < 1.29 is 45.9 Å². The largest absolute Gasteiger partial charge is 0.471 e. The van der Waals surface area contributed by atoms with Crippen LogP contribution < -0.4 is 15.4 Å². The average molecular weight is 863 g/mol. The Balaban J connectivity index is 1.16. The van der Waals surface area contributed by atoms with Gasteiger partial charge in [0.15, 0.2) is 0 Å². The highest BCUT2D eigenvalue weighted by molar-refractivity contribution is 7.90. The van der Waals surface area contributed by atoms with Gasteiger partial charge in [0.2, 0.25) is 34.1 Å². The van der Waals surface area contributed by atoms with Crippen molar-refractivity contribution in [1.29, 1.82) is 0 Å². The van der Waals surface area contributed by atoms with E-state index in [0.717, 1.165) is 45.6 Å². The molecule has 4 aliphatic carbocycles. The smallest absolute Gasteiger partial charge is 0.408 e. The van der Waals surface area contributed by atoms with Crippen LogP contribution in [-0.2, 0) is 35.6 Å². The number of benzene rings is 1. The molecule has 59 heavy (non-hydrogen) atoms. The summed E-state index contributed by atoms with van der Waals surface area (Å²) in [5.74, 6) is -3.80. The van der Waals surface area contributed by atoms with Gasteiger partial charge in [-0.05, 0) is 92.7 Å². The lowest BCUT2D eigenvalue weighted by Gasteiger charge is -2.36. The third-order valence-corrected chi connectivity index (χ3v) is 16.0. The van der Waals surface area contributed by atoms with E-state index in [1.165, 1.54) is 4.90 Å². The van der Waals surface area contributed by atoms with Crippen molar-refractivity contribution in [1.82, 2.24) is 29.8 Å². The van der Waals surface area contributed by atoms with E-state index in [9.17, 15) is 36.4 Å². The minimum Gasteiger partial charge on any atom is -0.471 e. The average Bonchev–Trinajstić information content (AvgIpc) is 4.09. The van der Waals surface area contributed by atoms with Gasteiger partial charge in [0.05, 0.1) is 28.7 Å². The third kappa shape index (κ3) is 7.94. The molecule has 2 aromatic rings. The van der Waals surface area contributed by atoms with Crippen molar-refractivity contribution in [2.45, 2.75) is 133 Å².